The van der Waals surface area contributed by atoms with Gasteiger partial charge in [0.1, 0.15) is 5.01 Å². The normalized spacial score (nSPS) is 13.2. The van der Waals surface area contributed by atoms with Gasteiger partial charge in [-0.2, -0.15) is 0 Å². The zero-order valence-corrected chi connectivity index (χ0v) is 8.53. The van der Waals surface area contributed by atoms with Crippen molar-refractivity contribution in [2.75, 3.05) is 0 Å². The number of nitrogens with two attached hydrogens (primary N) is 1. The largest absolute Gasteiger partial charge is 0.322 e. The maximum atomic E-state index is 5.70. The maximum absolute atomic E-state index is 5.70. The van der Waals surface area contributed by atoms with Gasteiger partial charge >= 0.3 is 0 Å². The van der Waals surface area contributed by atoms with Crippen molar-refractivity contribution in [3.8, 4) is 0 Å². The molecule has 68 valence electrons. The van der Waals surface area contributed by atoms with Gasteiger partial charge in [-0.15, -0.1) is 11.3 Å². The van der Waals surface area contributed by atoms with E-state index < -0.39 is 0 Å². The molecular formula is C9H16N2S. The molecule has 1 atom stereocenters. The van der Waals surface area contributed by atoms with Crippen LogP contribution in [0.1, 0.15) is 42.6 Å². The van der Waals surface area contributed by atoms with Gasteiger partial charge in [0.25, 0.3) is 0 Å². The van der Waals surface area contributed by atoms with Gasteiger partial charge in [0.05, 0.1) is 6.04 Å². The predicted octanol–water partition coefficient (Wildman–Crippen LogP) is 2.51. The second kappa shape index (κ2) is 4.58. The minimum Gasteiger partial charge on any atom is -0.322 e. The summed E-state index contributed by atoms with van der Waals surface area (Å²) in [5.41, 5.74) is 5.70. The van der Waals surface area contributed by atoms with Crippen LogP contribution >= 0.6 is 11.3 Å². The van der Waals surface area contributed by atoms with Crippen molar-refractivity contribution in [3.05, 3.63) is 16.1 Å². The van der Waals surface area contributed by atoms with E-state index in [1.807, 2.05) is 13.1 Å². The number of unbranched alkanes of at least 4 members (excludes halogenated alkanes) is 1. The Morgan fingerprint density at radius 2 is 2.42 bits per heavy atom. The molecule has 0 amide bonds. The third-order valence-corrected chi connectivity index (χ3v) is 3.00. The van der Waals surface area contributed by atoms with E-state index in [-0.39, 0.29) is 6.04 Å². The van der Waals surface area contributed by atoms with Gasteiger partial charge in [-0.05, 0) is 19.8 Å². The molecule has 0 saturated heterocycles. The Hall–Kier alpha value is -0.410. The second-order valence-corrected chi connectivity index (χ2v) is 4.20. The predicted molar refractivity (Wildman–Crippen MR) is 53.3 cm³/mol. The van der Waals surface area contributed by atoms with E-state index >= 15 is 0 Å². The molecule has 2 N–H and O–H groups in total. The van der Waals surface area contributed by atoms with Gasteiger partial charge in [0.2, 0.25) is 0 Å². The molecule has 0 aliphatic carbocycles. The summed E-state index contributed by atoms with van der Waals surface area (Å²) in [4.78, 5) is 5.63. The van der Waals surface area contributed by atoms with Gasteiger partial charge in [0.15, 0.2) is 0 Å². The van der Waals surface area contributed by atoms with E-state index in [2.05, 4.69) is 11.9 Å². The minimum absolute atomic E-state index is 0.0883. The SMILES string of the molecule is CCCCc1cnc(C(C)N)s1. The lowest BCUT2D eigenvalue weighted by Gasteiger charge is -1.96. The fourth-order valence-corrected chi connectivity index (χ4v) is 1.91. The third kappa shape index (κ3) is 2.57. The first kappa shape index (κ1) is 9.68. The van der Waals surface area contributed by atoms with Crippen LogP contribution in [0.5, 0.6) is 0 Å². The van der Waals surface area contributed by atoms with Crippen LogP contribution in [0.4, 0.5) is 0 Å². The van der Waals surface area contributed by atoms with E-state index in [0.29, 0.717) is 0 Å². The molecule has 3 heteroatoms. The lowest BCUT2D eigenvalue weighted by molar-refractivity contribution is 0.799. The van der Waals surface area contributed by atoms with E-state index in [0.717, 1.165) is 11.4 Å². The van der Waals surface area contributed by atoms with Crippen molar-refractivity contribution in [3.63, 3.8) is 0 Å². The monoisotopic (exact) mass is 184 g/mol. The standard InChI is InChI=1S/C9H16N2S/c1-3-4-5-8-6-11-9(12-8)7(2)10/h6-7H,3-5,10H2,1-2H3. The van der Waals surface area contributed by atoms with E-state index in [1.54, 1.807) is 11.3 Å². The summed E-state index contributed by atoms with van der Waals surface area (Å²) in [6, 6.07) is 0.0883. The molecule has 0 aliphatic heterocycles. The van der Waals surface area contributed by atoms with Crippen LogP contribution in [0.2, 0.25) is 0 Å². The molecule has 0 bridgehead atoms. The van der Waals surface area contributed by atoms with Crippen molar-refractivity contribution < 1.29 is 0 Å². The zero-order chi connectivity index (χ0) is 8.97. The first-order valence-electron chi connectivity index (χ1n) is 4.44. The molecule has 1 unspecified atom stereocenters. The molecule has 0 saturated carbocycles. The number of hydrogen-bond donors (Lipinski definition) is 1. The number of nitrogens with zero attached hydrogens (tertiary/aromatic N) is 1. The second-order valence-electron chi connectivity index (χ2n) is 3.06. The fourth-order valence-electron chi connectivity index (χ4n) is 1.000. The molecule has 2 nitrogen and oxygen atoms in total. The van der Waals surface area contributed by atoms with E-state index in [4.69, 9.17) is 5.73 Å². The molecule has 0 aromatic carbocycles. The maximum Gasteiger partial charge on any atom is 0.109 e. The van der Waals surface area contributed by atoms with Gasteiger partial charge in [0, 0.05) is 11.1 Å². The van der Waals surface area contributed by atoms with Crippen LogP contribution in [0.3, 0.4) is 0 Å². The van der Waals surface area contributed by atoms with Crippen LogP contribution in [0.25, 0.3) is 0 Å². The number of aromatic nitrogens is 1. The minimum atomic E-state index is 0.0883. The summed E-state index contributed by atoms with van der Waals surface area (Å²) in [7, 11) is 0. The molecule has 1 heterocycles. The van der Waals surface area contributed by atoms with Gasteiger partial charge in [-0.1, -0.05) is 13.3 Å². The molecule has 1 rings (SSSR count). The topological polar surface area (TPSA) is 38.9 Å². The molecular weight excluding hydrogens is 168 g/mol. The van der Waals surface area contributed by atoms with E-state index in [9.17, 15) is 0 Å². The Bertz CT molecular complexity index is 230. The van der Waals surface area contributed by atoms with Crippen LogP contribution in [0, 0.1) is 0 Å². The third-order valence-electron chi connectivity index (χ3n) is 1.74. The molecule has 1 aromatic heterocycles. The molecule has 0 spiro atoms. The van der Waals surface area contributed by atoms with Crippen molar-refractivity contribution in [1.82, 2.24) is 4.98 Å². The summed E-state index contributed by atoms with van der Waals surface area (Å²) >= 11 is 1.74. The molecule has 0 radical (unpaired) electrons. The average molecular weight is 184 g/mol. The lowest BCUT2D eigenvalue weighted by atomic mass is 10.2. The van der Waals surface area contributed by atoms with Crippen LogP contribution in [-0.4, -0.2) is 4.98 Å². The highest BCUT2D eigenvalue weighted by Crippen LogP contribution is 2.19. The number of aryl methyl sites for hydroxylation is 1. The quantitative estimate of drug-likeness (QED) is 0.781. The van der Waals surface area contributed by atoms with Crippen molar-refractivity contribution in [2.24, 2.45) is 5.73 Å². The Balaban J connectivity index is 2.52. The van der Waals surface area contributed by atoms with Crippen molar-refractivity contribution in [1.29, 1.82) is 0 Å². The molecule has 0 fully saturated rings. The van der Waals surface area contributed by atoms with Crippen LogP contribution in [-0.2, 0) is 6.42 Å². The van der Waals surface area contributed by atoms with Crippen LogP contribution < -0.4 is 5.73 Å². The fraction of sp³-hybridized carbons (Fsp3) is 0.667. The lowest BCUT2D eigenvalue weighted by Crippen LogP contribution is -2.03. The number of thiazole rings is 1. The van der Waals surface area contributed by atoms with E-state index in [1.165, 1.54) is 17.7 Å². The highest BCUT2D eigenvalue weighted by molar-refractivity contribution is 7.11. The molecule has 0 aliphatic rings. The Morgan fingerprint density at radius 1 is 1.67 bits per heavy atom. The summed E-state index contributed by atoms with van der Waals surface area (Å²) in [6.45, 7) is 4.18. The number of rotatable bonds is 4. The van der Waals surface area contributed by atoms with Gasteiger partial charge in [-0.3, -0.25) is 0 Å². The summed E-state index contributed by atoms with van der Waals surface area (Å²) in [5, 5.41) is 1.06. The Kier molecular flexibility index (Phi) is 3.69. The Labute approximate surface area is 77.8 Å². The van der Waals surface area contributed by atoms with Crippen molar-refractivity contribution in [2.45, 2.75) is 39.2 Å². The highest BCUT2D eigenvalue weighted by Gasteiger charge is 2.04. The first-order chi connectivity index (χ1) is 5.74. The van der Waals surface area contributed by atoms with Crippen molar-refractivity contribution >= 4 is 11.3 Å². The van der Waals surface area contributed by atoms with Crippen LogP contribution in [0.15, 0.2) is 6.20 Å². The highest BCUT2D eigenvalue weighted by atomic mass is 32.1. The summed E-state index contributed by atoms with van der Waals surface area (Å²) in [5.74, 6) is 0. The zero-order valence-electron chi connectivity index (χ0n) is 7.71. The average Bonchev–Trinajstić information content (AvgIpc) is 2.48. The first-order valence-corrected chi connectivity index (χ1v) is 5.26. The smallest absolute Gasteiger partial charge is 0.109 e. The summed E-state index contributed by atoms with van der Waals surface area (Å²) < 4.78 is 0. The van der Waals surface area contributed by atoms with Gasteiger partial charge in [-0.25, -0.2) is 4.98 Å². The summed E-state index contributed by atoms with van der Waals surface area (Å²) in [6.07, 6.45) is 5.60. The van der Waals surface area contributed by atoms with Gasteiger partial charge < -0.3 is 5.73 Å². The molecule has 12 heavy (non-hydrogen) atoms. The molecule has 1 aromatic rings. The Morgan fingerprint density at radius 3 is 2.92 bits per heavy atom. The number of hydrogen-bond acceptors (Lipinski definition) is 3.